The van der Waals surface area contributed by atoms with Crippen molar-refractivity contribution in [2.75, 3.05) is 6.54 Å². The summed E-state index contributed by atoms with van der Waals surface area (Å²) in [4.78, 5) is 12.4. The van der Waals surface area contributed by atoms with Gasteiger partial charge in [-0.1, -0.05) is 30.7 Å². The van der Waals surface area contributed by atoms with E-state index in [-0.39, 0.29) is 12.0 Å². The second-order valence-electron chi connectivity index (χ2n) is 7.13. The minimum absolute atomic E-state index is 0.0872. The molecule has 0 bridgehead atoms. The molecule has 0 aliphatic carbocycles. The molecule has 0 fully saturated rings. The lowest BCUT2D eigenvalue weighted by molar-refractivity contribution is -0.128. The Morgan fingerprint density at radius 3 is 2.36 bits per heavy atom. The molecule has 2 aromatic rings. The van der Waals surface area contributed by atoms with Crippen molar-refractivity contribution in [2.45, 2.75) is 59.2 Å². The van der Waals surface area contributed by atoms with Gasteiger partial charge in [-0.3, -0.25) is 4.79 Å². The van der Waals surface area contributed by atoms with Crippen molar-refractivity contribution in [1.29, 1.82) is 0 Å². The Labute approximate surface area is 173 Å². The Hall–Kier alpha value is -2.20. The second-order valence-corrected chi connectivity index (χ2v) is 7.54. The van der Waals surface area contributed by atoms with Crippen LogP contribution in [-0.2, 0) is 11.2 Å². The van der Waals surface area contributed by atoms with Crippen LogP contribution in [0.5, 0.6) is 11.5 Å². The highest BCUT2D eigenvalue weighted by atomic mass is 35.5. The molecule has 0 spiro atoms. The molecule has 28 heavy (non-hydrogen) atoms. The number of carbonyl (C=O) groups excluding carboxylic acids is 1. The van der Waals surface area contributed by atoms with E-state index in [1.165, 1.54) is 5.56 Å². The lowest BCUT2D eigenvalue weighted by Crippen LogP contribution is -2.38. The summed E-state index contributed by atoms with van der Waals surface area (Å²) in [6, 6.07) is 13.5. The van der Waals surface area contributed by atoms with Gasteiger partial charge in [-0.05, 0) is 81.5 Å². The van der Waals surface area contributed by atoms with E-state index in [2.05, 4.69) is 17.4 Å². The Balaban J connectivity index is 1.76. The fraction of sp³-hybridized carbons (Fsp3) is 0.435. The third kappa shape index (κ3) is 7.08. The van der Waals surface area contributed by atoms with E-state index in [1.54, 1.807) is 12.1 Å². The molecule has 0 radical (unpaired) electrons. The van der Waals surface area contributed by atoms with Crippen LogP contribution in [0.25, 0.3) is 0 Å². The zero-order chi connectivity index (χ0) is 20.5. The van der Waals surface area contributed by atoms with Gasteiger partial charge in [0.1, 0.15) is 11.5 Å². The fourth-order valence-corrected chi connectivity index (χ4v) is 2.92. The van der Waals surface area contributed by atoms with Crippen molar-refractivity contribution in [1.82, 2.24) is 5.32 Å². The van der Waals surface area contributed by atoms with Crippen LogP contribution in [-0.4, -0.2) is 24.7 Å². The maximum absolute atomic E-state index is 12.4. The summed E-state index contributed by atoms with van der Waals surface area (Å²) in [6.07, 6.45) is 2.04. The molecule has 152 valence electrons. The average molecular weight is 404 g/mol. The standard InChI is InChI=1S/C23H30ClNO3/c1-5-22(28-20-12-13-21(24)17(4)15-20)23(26)25-14-6-7-18-8-10-19(11-9-18)27-16(2)3/h8-13,15-16,22H,5-7,14H2,1-4H3,(H,25,26)/t22-/m1/s1. The predicted molar refractivity (Wildman–Crippen MR) is 114 cm³/mol. The highest BCUT2D eigenvalue weighted by molar-refractivity contribution is 6.31. The summed E-state index contributed by atoms with van der Waals surface area (Å²) in [5.41, 5.74) is 2.16. The smallest absolute Gasteiger partial charge is 0.261 e. The molecule has 2 aromatic carbocycles. The summed E-state index contributed by atoms with van der Waals surface area (Å²) in [5, 5.41) is 3.66. The molecule has 0 aliphatic heterocycles. The summed E-state index contributed by atoms with van der Waals surface area (Å²) < 4.78 is 11.5. The zero-order valence-corrected chi connectivity index (χ0v) is 17.9. The number of benzene rings is 2. The second kappa shape index (κ2) is 11.0. The topological polar surface area (TPSA) is 47.6 Å². The van der Waals surface area contributed by atoms with Crippen molar-refractivity contribution in [3.05, 3.63) is 58.6 Å². The lowest BCUT2D eigenvalue weighted by Gasteiger charge is -2.18. The first-order valence-electron chi connectivity index (χ1n) is 9.85. The van der Waals surface area contributed by atoms with Gasteiger partial charge in [0.15, 0.2) is 6.10 Å². The van der Waals surface area contributed by atoms with E-state index in [1.807, 2.05) is 45.9 Å². The fourth-order valence-electron chi connectivity index (χ4n) is 2.80. The van der Waals surface area contributed by atoms with Gasteiger partial charge in [-0.15, -0.1) is 0 Å². The number of hydrogen-bond donors (Lipinski definition) is 1. The third-order valence-electron chi connectivity index (χ3n) is 4.31. The van der Waals surface area contributed by atoms with Crippen LogP contribution >= 0.6 is 11.6 Å². The van der Waals surface area contributed by atoms with Gasteiger partial charge in [0, 0.05) is 11.6 Å². The summed E-state index contributed by atoms with van der Waals surface area (Å²) >= 11 is 6.04. The number of aryl methyl sites for hydroxylation is 2. The van der Waals surface area contributed by atoms with Crippen molar-refractivity contribution < 1.29 is 14.3 Å². The predicted octanol–water partition coefficient (Wildman–Crippen LogP) is 5.34. The Kier molecular flexibility index (Phi) is 8.65. The lowest BCUT2D eigenvalue weighted by atomic mass is 10.1. The maximum atomic E-state index is 12.4. The van der Waals surface area contributed by atoms with Gasteiger partial charge in [0.2, 0.25) is 0 Å². The Bertz CT molecular complexity index is 759. The number of amides is 1. The maximum Gasteiger partial charge on any atom is 0.261 e. The van der Waals surface area contributed by atoms with E-state index in [0.29, 0.717) is 23.7 Å². The molecule has 5 heteroatoms. The molecule has 0 heterocycles. The molecule has 2 rings (SSSR count). The average Bonchev–Trinajstić information content (AvgIpc) is 2.66. The first-order chi connectivity index (χ1) is 13.4. The van der Waals surface area contributed by atoms with Crippen molar-refractivity contribution in [2.24, 2.45) is 0 Å². The molecule has 0 unspecified atom stereocenters. The van der Waals surface area contributed by atoms with Crippen molar-refractivity contribution in [3.8, 4) is 11.5 Å². The third-order valence-corrected chi connectivity index (χ3v) is 4.73. The van der Waals surface area contributed by atoms with Gasteiger partial charge in [0.25, 0.3) is 5.91 Å². The molecule has 1 N–H and O–H groups in total. The highest BCUT2D eigenvalue weighted by Crippen LogP contribution is 2.22. The number of halogens is 1. The Morgan fingerprint density at radius 2 is 1.75 bits per heavy atom. The molecule has 1 amide bonds. The molecule has 0 aliphatic rings. The van der Waals surface area contributed by atoms with E-state index >= 15 is 0 Å². The number of carbonyl (C=O) groups is 1. The van der Waals surface area contributed by atoms with Crippen LogP contribution in [0.4, 0.5) is 0 Å². The summed E-state index contributed by atoms with van der Waals surface area (Å²) in [6.45, 7) is 8.49. The van der Waals surface area contributed by atoms with Crippen LogP contribution < -0.4 is 14.8 Å². The zero-order valence-electron chi connectivity index (χ0n) is 17.1. The van der Waals surface area contributed by atoms with Gasteiger partial charge in [-0.2, -0.15) is 0 Å². The van der Waals surface area contributed by atoms with Gasteiger partial charge in [0.05, 0.1) is 6.10 Å². The SMILES string of the molecule is CC[C@@H](Oc1ccc(Cl)c(C)c1)C(=O)NCCCc1ccc(OC(C)C)cc1. The number of hydrogen-bond acceptors (Lipinski definition) is 3. The summed E-state index contributed by atoms with van der Waals surface area (Å²) in [7, 11) is 0. The number of nitrogens with one attached hydrogen (secondary N) is 1. The van der Waals surface area contributed by atoms with Crippen LogP contribution in [0.15, 0.2) is 42.5 Å². The van der Waals surface area contributed by atoms with E-state index in [4.69, 9.17) is 21.1 Å². The van der Waals surface area contributed by atoms with Crippen LogP contribution in [0, 0.1) is 6.92 Å². The molecular formula is C23H30ClNO3. The van der Waals surface area contributed by atoms with E-state index in [9.17, 15) is 4.79 Å². The van der Waals surface area contributed by atoms with Gasteiger partial charge < -0.3 is 14.8 Å². The molecule has 0 saturated carbocycles. The van der Waals surface area contributed by atoms with E-state index < -0.39 is 6.10 Å². The monoisotopic (exact) mass is 403 g/mol. The molecule has 4 nitrogen and oxygen atoms in total. The van der Waals surface area contributed by atoms with Crippen LogP contribution in [0.2, 0.25) is 5.02 Å². The number of rotatable bonds is 10. The number of ether oxygens (including phenoxy) is 2. The minimum atomic E-state index is -0.506. The Morgan fingerprint density at radius 1 is 1.07 bits per heavy atom. The van der Waals surface area contributed by atoms with Crippen LogP contribution in [0.1, 0.15) is 44.7 Å². The first kappa shape index (κ1) is 22.1. The van der Waals surface area contributed by atoms with Crippen LogP contribution in [0.3, 0.4) is 0 Å². The van der Waals surface area contributed by atoms with Gasteiger partial charge >= 0.3 is 0 Å². The van der Waals surface area contributed by atoms with Crippen molar-refractivity contribution >= 4 is 17.5 Å². The van der Waals surface area contributed by atoms with Crippen molar-refractivity contribution in [3.63, 3.8) is 0 Å². The summed E-state index contributed by atoms with van der Waals surface area (Å²) in [5.74, 6) is 1.45. The molecule has 0 aromatic heterocycles. The normalized spacial score (nSPS) is 11.9. The molecular weight excluding hydrogens is 374 g/mol. The van der Waals surface area contributed by atoms with Gasteiger partial charge in [-0.25, -0.2) is 0 Å². The van der Waals surface area contributed by atoms with E-state index in [0.717, 1.165) is 24.2 Å². The quantitative estimate of drug-likeness (QED) is 0.544. The first-order valence-corrected chi connectivity index (χ1v) is 10.2. The molecule has 1 atom stereocenters. The molecule has 0 saturated heterocycles. The largest absolute Gasteiger partial charge is 0.491 e. The minimum Gasteiger partial charge on any atom is -0.491 e. The highest BCUT2D eigenvalue weighted by Gasteiger charge is 2.18.